The largest absolute Gasteiger partial charge is 0.481 e. The Balaban J connectivity index is 1.35. The van der Waals surface area contributed by atoms with Gasteiger partial charge in [-0.3, -0.25) is 9.69 Å². The molecule has 0 aromatic rings. The fourth-order valence-corrected chi connectivity index (χ4v) is 6.13. The number of aliphatic carboxylic acids is 1. The average Bonchev–Trinajstić information content (AvgIpc) is 3.21. The van der Waals surface area contributed by atoms with E-state index in [1.807, 2.05) is 0 Å². The molecule has 1 N–H and O–H groups in total. The van der Waals surface area contributed by atoms with Gasteiger partial charge in [-0.2, -0.15) is 0 Å². The third-order valence-electron chi connectivity index (χ3n) is 6.77. The SMILES string of the molecule is O=C(O)CCN(CCC12CC3CC(CC(C3)C1)C2)C1CC1. The van der Waals surface area contributed by atoms with Crippen molar-refractivity contribution in [2.45, 2.75) is 70.3 Å². The van der Waals surface area contributed by atoms with Crippen molar-refractivity contribution >= 4 is 5.97 Å². The summed E-state index contributed by atoms with van der Waals surface area (Å²) in [5, 5.41) is 8.94. The van der Waals surface area contributed by atoms with E-state index in [2.05, 4.69) is 4.90 Å². The van der Waals surface area contributed by atoms with E-state index in [4.69, 9.17) is 5.11 Å². The van der Waals surface area contributed by atoms with Crippen molar-refractivity contribution in [2.24, 2.45) is 23.2 Å². The van der Waals surface area contributed by atoms with E-state index in [1.165, 1.54) is 57.8 Å². The van der Waals surface area contributed by atoms with Crippen LogP contribution in [0.5, 0.6) is 0 Å². The van der Waals surface area contributed by atoms with Gasteiger partial charge in [-0.15, -0.1) is 0 Å². The highest BCUT2D eigenvalue weighted by Gasteiger charge is 2.50. The Morgan fingerprint density at radius 1 is 1.00 bits per heavy atom. The van der Waals surface area contributed by atoms with E-state index in [0.29, 0.717) is 17.9 Å². The maximum absolute atomic E-state index is 10.8. The van der Waals surface area contributed by atoms with Crippen LogP contribution >= 0.6 is 0 Å². The van der Waals surface area contributed by atoms with Gasteiger partial charge in [-0.25, -0.2) is 0 Å². The first-order valence-electron chi connectivity index (χ1n) is 9.08. The molecule has 0 aromatic heterocycles. The molecular formula is C18H29NO2. The highest BCUT2D eigenvalue weighted by Crippen LogP contribution is 2.61. The predicted octanol–water partition coefficient (Wildman–Crippen LogP) is 3.53. The summed E-state index contributed by atoms with van der Waals surface area (Å²) in [5.41, 5.74) is 0.644. The second kappa shape index (κ2) is 5.26. The summed E-state index contributed by atoms with van der Waals surface area (Å²) in [7, 11) is 0. The quantitative estimate of drug-likeness (QED) is 0.780. The van der Waals surface area contributed by atoms with Gasteiger partial charge in [-0.05, 0) is 87.5 Å². The molecule has 0 radical (unpaired) electrons. The lowest BCUT2D eigenvalue weighted by atomic mass is 9.49. The number of hydrogen-bond acceptors (Lipinski definition) is 2. The molecule has 21 heavy (non-hydrogen) atoms. The highest BCUT2D eigenvalue weighted by molar-refractivity contribution is 5.66. The van der Waals surface area contributed by atoms with Gasteiger partial charge < -0.3 is 5.11 Å². The van der Waals surface area contributed by atoms with Crippen LogP contribution in [0.15, 0.2) is 0 Å². The van der Waals surface area contributed by atoms with Crippen molar-refractivity contribution in [3.8, 4) is 0 Å². The average molecular weight is 291 g/mol. The number of nitrogens with zero attached hydrogens (tertiary/aromatic N) is 1. The van der Waals surface area contributed by atoms with E-state index in [1.54, 1.807) is 0 Å². The maximum atomic E-state index is 10.8. The normalized spacial score (nSPS) is 40.9. The second-order valence-corrected chi connectivity index (χ2v) is 8.58. The molecule has 0 spiro atoms. The van der Waals surface area contributed by atoms with Crippen molar-refractivity contribution in [1.82, 2.24) is 4.90 Å². The first kappa shape index (κ1) is 14.0. The van der Waals surface area contributed by atoms with E-state index in [-0.39, 0.29) is 0 Å². The van der Waals surface area contributed by atoms with E-state index >= 15 is 0 Å². The van der Waals surface area contributed by atoms with Crippen LogP contribution in [0.4, 0.5) is 0 Å². The molecule has 0 atom stereocenters. The summed E-state index contributed by atoms with van der Waals surface area (Å²) in [6, 6.07) is 0.707. The first-order chi connectivity index (χ1) is 10.1. The Morgan fingerprint density at radius 2 is 1.57 bits per heavy atom. The lowest BCUT2D eigenvalue weighted by Crippen LogP contribution is -2.47. The van der Waals surface area contributed by atoms with Gasteiger partial charge in [0.05, 0.1) is 6.42 Å². The van der Waals surface area contributed by atoms with Crippen LogP contribution in [0.3, 0.4) is 0 Å². The summed E-state index contributed by atoms with van der Waals surface area (Å²) in [6.07, 6.45) is 13.2. The van der Waals surface area contributed by atoms with Crippen molar-refractivity contribution in [1.29, 1.82) is 0 Å². The van der Waals surface area contributed by atoms with Crippen LogP contribution in [0.25, 0.3) is 0 Å². The van der Waals surface area contributed by atoms with Gasteiger partial charge >= 0.3 is 5.97 Å². The van der Waals surface area contributed by atoms with Crippen molar-refractivity contribution in [3.05, 3.63) is 0 Å². The van der Waals surface area contributed by atoms with Crippen LogP contribution in [-0.4, -0.2) is 35.1 Å². The lowest BCUT2D eigenvalue weighted by molar-refractivity contribution is -0.137. The Hall–Kier alpha value is -0.570. The molecule has 5 saturated carbocycles. The van der Waals surface area contributed by atoms with Crippen LogP contribution in [-0.2, 0) is 4.79 Å². The zero-order chi connectivity index (χ0) is 14.4. The highest BCUT2D eigenvalue weighted by atomic mass is 16.4. The fourth-order valence-electron chi connectivity index (χ4n) is 6.13. The number of rotatable bonds is 7. The van der Waals surface area contributed by atoms with Gasteiger partial charge in [0.2, 0.25) is 0 Å². The maximum Gasteiger partial charge on any atom is 0.304 e. The van der Waals surface area contributed by atoms with Crippen molar-refractivity contribution in [2.75, 3.05) is 13.1 Å². The molecular weight excluding hydrogens is 262 g/mol. The molecule has 5 fully saturated rings. The topological polar surface area (TPSA) is 40.5 Å². The summed E-state index contributed by atoms with van der Waals surface area (Å²) in [4.78, 5) is 13.3. The summed E-state index contributed by atoms with van der Waals surface area (Å²) < 4.78 is 0. The Morgan fingerprint density at radius 3 is 2.05 bits per heavy atom. The van der Waals surface area contributed by atoms with E-state index in [0.717, 1.165) is 30.8 Å². The van der Waals surface area contributed by atoms with Crippen molar-refractivity contribution < 1.29 is 9.90 Å². The fraction of sp³-hybridized carbons (Fsp3) is 0.944. The standard InChI is InChI=1S/C18H29NO2/c20-17(21)3-5-19(16-1-2-16)6-4-18-10-13-7-14(11-18)9-15(8-13)12-18/h13-16H,1-12H2,(H,20,21). The minimum Gasteiger partial charge on any atom is -0.481 e. The molecule has 5 aliphatic carbocycles. The number of carbonyl (C=O) groups is 1. The predicted molar refractivity (Wildman–Crippen MR) is 82.1 cm³/mol. The van der Waals surface area contributed by atoms with Crippen molar-refractivity contribution in [3.63, 3.8) is 0 Å². The second-order valence-electron chi connectivity index (χ2n) is 8.58. The minimum atomic E-state index is -0.643. The van der Waals surface area contributed by atoms with Gasteiger partial charge in [0.25, 0.3) is 0 Å². The minimum absolute atomic E-state index is 0.317. The van der Waals surface area contributed by atoms with Crippen LogP contribution in [0.1, 0.15) is 64.2 Å². The number of carboxylic acid groups (broad SMARTS) is 1. The first-order valence-corrected chi connectivity index (χ1v) is 9.08. The Labute approximate surface area is 128 Å². The molecule has 3 nitrogen and oxygen atoms in total. The smallest absolute Gasteiger partial charge is 0.304 e. The molecule has 0 unspecified atom stereocenters. The molecule has 0 amide bonds. The van der Waals surface area contributed by atoms with Crippen LogP contribution < -0.4 is 0 Å². The zero-order valence-corrected chi connectivity index (χ0v) is 13.1. The summed E-state index contributed by atoms with van der Waals surface area (Å²) >= 11 is 0. The molecule has 5 rings (SSSR count). The molecule has 118 valence electrons. The molecule has 0 heterocycles. The van der Waals surface area contributed by atoms with Crippen LogP contribution in [0.2, 0.25) is 0 Å². The third kappa shape index (κ3) is 2.99. The number of hydrogen-bond donors (Lipinski definition) is 1. The number of carboxylic acids is 1. The molecule has 0 aliphatic heterocycles. The van der Waals surface area contributed by atoms with E-state index < -0.39 is 5.97 Å². The summed E-state index contributed by atoms with van der Waals surface area (Å²) in [6.45, 7) is 1.93. The van der Waals surface area contributed by atoms with Gasteiger partial charge in [-0.1, -0.05) is 0 Å². The third-order valence-corrected chi connectivity index (χ3v) is 6.77. The zero-order valence-electron chi connectivity index (χ0n) is 13.1. The van der Waals surface area contributed by atoms with Gasteiger partial charge in [0.1, 0.15) is 0 Å². The van der Waals surface area contributed by atoms with E-state index in [9.17, 15) is 4.79 Å². The molecule has 5 aliphatic rings. The summed E-state index contributed by atoms with van der Waals surface area (Å²) in [5.74, 6) is 2.45. The lowest BCUT2D eigenvalue weighted by Gasteiger charge is -2.57. The van der Waals surface area contributed by atoms with Gasteiger partial charge in [0, 0.05) is 12.6 Å². The Kier molecular flexibility index (Phi) is 3.52. The molecule has 0 aromatic carbocycles. The Bertz CT molecular complexity index is 380. The molecule has 0 saturated heterocycles. The monoisotopic (exact) mass is 291 g/mol. The molecule has 4 bridgehead atoms. The van der Waals surface area contributed by atoms with Crippen LogP contribution in [0, 0.1) is 23.2 Å². The van der Waals surface area contributed by atoms with Gasteiger partial charge in [0.15, 0.2) is 0 Å². The molecule has 3 heteroatoms.